The normalized spacial score (nSPS) is 12.4. The van der Waals surface area contributed by atoms with Crippen LogP contribution in [0.5, 0.6) is 5.75 Å². The average Bonchev–Trinajstić information content (AvgIpc) is 2.78. The second-order valence-electron chi connectivity index (χ2n) is 4.56. The van der Waals surface area contributed by atoms with E-state index < -0.39 is 0 Å². The molecule has 2 nitrogen and oxygen atoms in total. The number of halogens is 3. The van der Waals surface area contributed by atoms with Crippen molar-refractivity contribution in [3.63, 3.8) is 0 Å². The van der Waals surface area contributed by atoms with Crippen LogP contribution in [0.4, 0.5) is 4.39 Å². The zero-order valence-electron chi connectivity index (χ0n) is 11.8. The lowest BCUT2D eigenvalue weighted by molar-refractivity contribution is 0.385. The van der Waals surface area contributed by atoms with Crippen molar-refractivity contribution in [3.05, 3.63) is 48.8 Å². The number of ether oxygens (including phenoxy) is 1. The predicted molar refractivity (Wildman–Crippen MR) is 92.8 cm³/mol. The maximum absolute atomic E-state index is 14.0. The van der Waals surface area contributed by atoms with Crippen LogP contribution in [0.2, 0.25) is 0 Å². The highest BCUT2D eigenvalue weighted by Crippen LogP contribution is 2.38. The van der Waals surface area contributed by atoms with Crippen LogP contribution in [-0.2, 0) is 0 Å². The zero-order valence-corrected chi connectivity index (χ0v) is 15.7. The van der Waals surface area contributed by atoms with Crippen LogP contribution >= 0.6 is 43.2 Å². The molecule has 1 heterocycles. The summed E-state index contributed by atoms with van der Waals surface area (Å²) >= 11 is 8.69. The van der Waals surface area contributed by atoms with Gasteiger partial charge in [-0.3, -0.25) is 0 Å². The molecule has 1 unspecified atom stereocenters. The Labute approximate surface area is 145 Å². The van der Waals surface area contributed by atoms with Gasteiger partial charge < -0.3 is 10.1 Å². The number of hydrogen-bond donors (Lipinski definition) is 1. The molecule has 0 aliphatic rings. The van der Waals surface area contributed by atoms with Crippen molar-refractivity contribution in [3.8, 4) is 5.75 Å². The number of rotatable bonds is 6. The van der Waals surface area contributed by atoms with Gasteiger partial charge in [-0.05, 0) is 74.2 Å². The summed E-state index contributed by atoms with van der Waals surface area (Å²) < 4.78 is 21.1. The first-order valence-electron chi connectivity index (χ1n) is 6.58. The van der Waals surface area contributed by atoms with Crippen LogP contribution < -0.4 is 10.1 Å². The summed E-state index contributed by atoms with van der Waals surface area (Å²) in [6.07, 6.45) is 1.01. The molecule has 0 amide bonds. The molecule has 0 radical (unpaired) electrons. The third-order valence-electron chi connectivity index (χ3n) is 3.10. The highest BCUT2D eigenvalue weighted by molar-refractivity contribution is 9.12. The molecule has 0 saturated carbocycles. The van der Waals surface area contributed by atoms with Gasteiger partial charge in [0, 0.05) is 0 Å². The molecule has 6 heteroatoms. The molecule has 1 atom stereocenters. The quantitative estimate of drug-likeness (QED) is 0.644. The van der Waals surface area contributed by atoms with Crippen LogP contribution in [0.25, 0.3) is 0 Å². The maximum atomic E-state index is 14.0. The van der Waals surface area contributed by atoms with E-state index in [1.807, 2.05) is 6.07 Å². The van der Waals surface area contributed by atoms with Crippen LogP contribution in [0, 0.1) is 5.82 Å². The lowest BCUT2D eigenvalue weighted by Gasteiger charge is -2.19. The van der Waals surface area contributed by atoms with Gasteiger partial charge in [-0.25, -0.2) is 4.39 Å². The Morgan fingerprint density at radius 3 is 2.62 bits per heavy atom. The molecule has 21 heavy (non-hydrogen) atoms. The monoisotopic (exact) mass is 435 g/mol. The summed E-state index contributed by atoms with van der Waals surface area (Å²) in [5.41, 5.74) is 1.98. The SMILES string of the molecule is CCCNC(c1ccc(OC)c(F)c1)c1cc(Br)sc1Br. The lowest BCUT2D eigenvalue weighted by Crippen LogP contribution is -2.23. The van der Waals surface area contributed by atoms with E-state index in [1.54, 1.807) is 17.4 Å². The highest BCUT2D eigenvalue weighted by atomic mass is 79.9. The summed E-state index contributed by atoms with van der Waals surface area (Å²) in [7, 11) is 1.47. The lowest BCUT2D eigenvalue weighted by atomic mass is 10.0. The molecule has 2 aromatic rings. The van der Waals surface area contributed by atoms with Crippen molar-refractivity contribution in [2.45, 2.75) is 19.4 Å². The summed E-state index contributed by atoms with van der Waals surface area (Å²) in [5.74, 6) is -0.0812. The van der Waals surface area contributed by atoms with Crippen LogP contribution in [0.15, 0.2) is 31.8 Å². The van der Waals surface area contributed by atoms with Gasteiger partial charge in [0.25, 0.3) is 0 Å². The van der Waals surface area contributed by atoms with Gasteiger partial charge in [0.05, 0.1) is 20.7 Å². The molecule has 0 fully saturated rings. The van der Waals surface area contributed by atoms with Gasteiger partial charge in [0.15, 0.2) is 11.6 Å². The smallest absolute Gasteiger partial charge is 0.165 e. The van der Waals surface area contributed by atoms with Gasteiger partial charge >= 0.3 is 0 Å². The molecule has 114 valence electrons. The van der Waals surface area contributed by atoms with E-state index >= 15 is 0 Å². The van der Waals surface area contributed by atoms with E-state index in [-0.39, 0.29) is 17.6 Å². The fourth-order valence-electron chi connectivity index (χ4n) is 2.11. The van der Waals surface area contributed by atoms with E-state index in [0.29, 0.717) is 0 Å². The second-order valence-corrected chi connectivity index (χ2v) is 8.31. The molecule has 0 aliphatic heterocycles. The third-order valence-corrected chi connectivity index (χ3v) is 5.49. The molecule has 1 N–H and O–H groups in total. The van der Waals surface area contributed by atoms with Gasteiger partial charge in [-0.15, -0.1) is 11.3 Å². The molecule has 2 rings (SSSR count). The molecular weight excluding hydrogens is 421 g/mol. The van der Waals surface area contributed by atoms with Gasteiger partial charge in [-0.2, -0.15) is 0 Å². The van der Waals surface area contributed by atoms with Crippen molar-refractivity contribution in [1.29, 1.82) is 0 Å². The molecular formula is C15H16Br2FNOS. The number of methoxy groups -OCH3 is 1. The van der Waals surface area contributed by atoms with Gasteiger partial charge in [-0.1, -0.05) is 13.0 Å². The van der Waals surface area contributed by atoms with E-state index in [0.717, 1.165) is 31.7 Å². The molecule has 1 aromatic carbocycles. The average molecular weight is 437 g/mol. The number of hydrogen-bond acceptors (Lipinski definition) is 3. The Balaban J connectivity index is 2.40. The highest BCUT2D eigenvalue weighted by Gasteiger charge is 2.20. The first kappa shape index (κ1) is 16.9. The molecule has 0 saturated heterocycles. The van der Waals surface area contributed by atoms with Crippen molar-refractivity contribution < 1.29 is 9.13 Å². The molecule has 0 spiro atoms. The molecule has 0 bridgehead atoms. The van der Waals surface area contributed by atoms with Gasteiger partial charge in [0.2, 0.25) is 0 Å². The van der Waals surface area contributed by atoms with Gasteiger partial charge in [0.1, 0.15) is 0 Å². The van der Waals surface area contributed by atoms with Crippen LogP contribution in [-0.4, -0.2) is 13.7 Å². The van der Waals surface area contributed by atoms with Crippen molar-refractivity contribution in [1.82, 2.24) is 5.32 Å². The first-order chi connectivity index (χ1) is 10.1. The van der Waals surface area contributed by atoms with Crippen molar-refractivity contribution in [2.75, 3.05) is 13.7 Å². The number of thiophene rings is 1. The third kappa shape index (κ3) is 4.06. The Hall–Kier alpha value is -0.430. The Morgan fingerprint density at radius 1 is 1.33 bits per heavy atom. The maximum Gasteiger partial charge on any atom is 0.165 e. The number of nitrogens with one attached hydrogen (secondary N) is 1. The van der Waals surface area contributed by atoms with Crippen LogP contribution in [0.3, 0.4) is 0 Å². The topological polar surface area (TPSA) is 21.3 Å². The predicted octanol–water partition coefficient (Wildman–Crippen LogP) is 5.51. The molecule has 0 aliphatic carbocycles. The zero-order chi connectivity index (χ0) is 15.4. The second kappa shape index (κ2) is 7.72. The standard InChI is InChI=1S/C15H16Br2FNOS/c1-3-6-19-14(10-8-13(16)21-15(10)17)9-4-5-12(20-2)11(18)7-9/h4-5,7-8,14,19H,3,6H2,1-2H3. The summed E-state index contributed by atoms with van der Waals surface area (Å²) in [5, 5.41) is 3.47. The van der Waals surface area contributed by atoms with Crippen LogP contribution in [0.1, 0.15) is 30.5 Å². The summed E-state index contributed by atoms with van der Waals surface area (Å²) in [6.45, 7) is 2.97. The molecule has 1 aromatic heterocycles. The number of benzene rings is 1. The summed E-state index contributed by atoms with van der Waals surface area (Å²) in [4.78, 5) is 0. The van der Waals surface area contributed by atoms with E-state index in [9.17, 15) is 4.39 Å². The van der Waals surface area contributed by atoms with Crippen molar-refractivity contribution in [2.24, 2.45) is 0 Å². The fraction of sp³-hybridized carbons (Fsp3) is 0.333. The minimum absolute atomic E-state index is 0.0534. The first-order valence-corrected chi connectivity index (χ1v) is 8.98. The largest absolute Gasteiger partial charge is 0.494 e. The van der Waals surface area contributed by atoms with Crippen molar-refractivity contribution >= 4 is 43.2 Å². The fourth-order valence-corrected chi connectivity index (χ4v) is 5.01. The summed E-state index contributed by atoms with van der Waals surface area (Å²) in [6, 6.07) is 7.10. The Kier molecular flexibility index (Phi) is 6.22. The van der Waals surface area contributed by atoms with E-state index in [2.05, 4.69) is 50.2 Å². The van der Waals surface area contributed by atoms with E-state index in [4.69, 9.17) is 4.74 Å². The van der Waals surface area contributed by atoms with E-state index in [1.165, 1.54) is 13.2 Å². The Morgan fingerprint density at radius 2 is 2.10 bits per heavy atom. The minimum Gasteiger partial charge on any atom is -0.494 e. The Bertz CT molecular complexity index is 618. The minimum atomic E-state index is -0.344.